The Morgan fingerprint density at radius 3 is 2.48 bits per heavy atom. The topological polar surface area (TPSA) is 58.6 Å². The highest BCUT2D eigenvalue weighted by atomic mass is 19.1. The first-order valence-corrected chi connectivity index (χ1v) is 9.07. The van der Waals surface area contributed by atoms with E-state index in [1.807, 2.05) is 24.3 Å². The van der Waals surface area contributed by atoms with Crippen LogP contribution in [0.3, 0.4) is 0 Å². The minimum Gasteiger partial charge on any atom is -0.457 e. The van der Waals surface area contributed by atoms with Crippen LogP contribution in [0, 0.1) is 11.7 Å². The van der Waals surface area contributed by atoms with Gasteiger partial charge in [-0.1, -0.05) is 12.1 Å². The van der Waals surface area contributed by atoms with E-state index >= 15 is 0 Å². The summed E-state index contributed by atoms with van der Waals surface area (Å²) in [6, 6.07) is 13.2. The van der Waals surface area contributed by atoms with E-state index in [1.165, 1.54) is 12.1 Å². The van der Waals surface area contributed by atoms with Crippen LogP contribution in [0.1, 0.15) is 25.3 Å². The average molecular weight is 370 g/mol. The molecule has 1 aliphatic heterocycles. The Kier molecular flexibility index (Phi) is 6.06. The van der Waals surface area contributed by atoms with Crippen LogP contribution in [0.25, 0.3) is 0 Å². The Balaban J connectivity index is 1.51. The standard InChI is InChI=1S/C21H23FN2O3/c1-15(25)24-11-9-17(10-12-24)21(26)23-14-16-3-2-4-20(13-16)27-19-7-5-18(22)6-8-19/h2-8,13,17H,9-12,14H2,1H3,(H,23,26). The lowest BCUT2D eigenvalue weighted by molar-refractivity contribution is -0.134. The van der Waals surface area contributed by atoms with Crippen LogP contribution in [0.5, 0.6) is 11.5 Å². The number of hydrogen-bond donors (Lipinski definition) is 1. The summed E-state index contributed by atoms with van der Waals surface area (Å²) in [7, 11) is 0. The van der Waals surface area contributed by atoms with Crippen molar-refractivity contribution < 1.29 is 18.7 Å². The molecular formula is C21H23FN2O3. The zero-order valence-corrected chi connectivity index (χ0v) is 15.3. The van der Waals surface area contributed by atoms with E-state index in [0.29, 0.717) is 44.0 Å². The van der Waals surface area contributed by atoms with E-state index < -0.39 is 0 Å². The molecule has 2 aromatic carbocycles. The normalized spacial score (nSPS) is 14.7. The van der Waals surface area contributed by atoms with E-state index in [2.05, 4.69) is 5.32 Å². The molecule has 0 spiro atoms. The highest BCUT2D eigenvalue weighted by molar-refractivity contribution is 5.79. The summed E-state index contributed by atoms with van der Waals surface area (Å²) < 4.78 is 18.7. The van der Waals surface area contributed by atoms with Gasteiger partial charge in [0.15, 0.2) is 0 Å². The highest BCUT2D eigenvalue weighted by Gasteiger charge is 2.25. The maximum Gasteiger partial charge on any atom is 0.223 e. The molecule has 0 saturated carbocycles. The molecule has 0 aliphatic carbocycles. The molecule has 3 rings (SSSR count). The number of carbonyl (C=O) groups excluding carboxylic acids is 2. The average Bonchev–Trinajstić information content (AvgIpc) is 2.68. The molecule has 0 atom stereocenters. The number of ether oxygens (including phenoxy) is 1. The first kappa shape index (κ1) is 18.9. The Hall–Kier alpha value is -2.89. The van der Waals surface area contributed by atoms with Crippen LogP contribution in [0.2, 0.25) is 0 Å². The molecule has 0 aromatic heterocycles. The maximum absolute atomic E-state index is 13.0. The van der Waals surface area contributed by atoms with Crippen molar-refractivity contribution in [3.05, 3.63) is 59.9 Å². The number of amides is 2. The first-order chi connectivity index (χ1) is 13.0. The number of halogens is 1. The molecule has 1 fully saturated rings. The Bertz CT molecular complexity index is 799. The molecular weight excluding hydrogens is 347 g/mol. The van der Waals surface area contributed by atoms with E-state index in [4.69, 9.17) is 4.74 Å². The third-order valence-corrected chi connectivity index (χ3v) is 4.73. The van der Waals surface area contributed by atoms with Crippen molar-refractivity contribution in [2.75, 3.05) is 13.1 Å². The number of carbonyl (C=O) groups is 2. The van der Waals surface area contributed by atoms with Gasteiger partial charge in [0.25, 0.3) is 0 Å². The van der Waals surface area contributed by atoms with Gasteiger partial charge in [-0.05, 0) is 54.8 Å². The van der Waals surface area contributed by atoms with Crippen molar-refractivity contribution in [1.82, 2.24) is 10.2 Å². The molecule has 1 heterocycles. The Morgan fingerprint density at radius 2 is 1.81 bits per heavy atom. The second kappa shape index (κ2) is 8.66. The summed E-state index contributed by atoms with van der Waals surface area (Å²) in [5, 5.41) is 2.96. The van der Waals surface area contributed by atoms with Gasteiger partial charge in [-0.3, -0.25) is 9.59 Å². The second-order valence-corrected chi connectivity index (χ2v) is 6.70. The van der Waals surface area contributed by atoms with E-state index in [1.54, 1.807) is 24.0 Å². The van der Waals surface area contributed by atoms with Crippen LogP contribution >= 0.6 is 0 Å². The number of rotatable bonds is 5. The van der Waals surface area contributed by atoms with Gasteiger partial charge >= 0.3 is 0 Å². The van der Waals surface area contributed by atoms with Gasteiger partial charge in [-0.25, -0.2) is 4.39 Å². The predicted molar refractivity (Wildman–Crippen MR) is 99.7 cm³/mol. The monoisotopic (exact) mass is 370 g/mol. The molecule has 0 radical (unpaired) electrons. The van der Waals surface area contributed by atoms with Crippen LogP contribution in [0.4, 0.5) is 4.39 Å². The highest BCUT2D eigenvalue weighted by Crippen LogP contribution is 2.23. The van der Waals surface area contributed by atoms with E-state index in [-0.39, 0.29) is 23.5 Å². The first-order valence-electron chi connectivity index (χ1n) is 9.07. The summed E-state index contributed by atoms with van der Waals surface area (Å²) >= 11 is 0. The minimum absolute atomic E-state index is 0.0167. The van der Waals surface area contributed by atoms with Gasteiger partial charge in [0.1, 0.15) is 17.3 Å². The number of nitrogens with one attached hydrogen (secondary N) is 1. The van der Waals surface area contributed by atoms with Crippen molar-refractivity contribution in [3.8, 4) is 11.5 Å². The minimum atomic E-state index is -0.312. The van der Waals surface area contributed by atoms with E-state index in [0.717, 1.165) is 5.56 Å². The molecule has 2 amide bonds. The number of nitrogens with zero attached hydrogens (tertiary/aromatic N) is 1. The van der Waals surface area contributed by atoms with E-state index in [9.17, 15) is 14.0 Å². The number of benzene rings is 2. The summed E-state index contributed by atoms with van der Waals surface area (Å²) in [6.45, 7) is 3.23. The van der Waals surface area contributed by atoms with Crippen LogP contribution in [-0.2, 0) is 16.1 Å². The third-order valence-electron chi connectivity index (χ3n) is 4.73. The number of likely N-dealkylation sites (tertiary alicyclic amines) is 1. The number of hydrogen-bond acceptors (Lipinski definition) is 3. The Morgan fingerprint density at radius 1 is 1.11 bits per heavy atom. The summed E-state index contributed by atoms with van der Waals surface area (Å²) in [4.78, 5) is 25.5. The van der Waals surface area contributed by atoms with Gasteiger partial charge in [0, 0.05) is 32.5 Å². The van der Waals surface area contributed by atoms with Crippen LogP contribution < -0.4 is 10.1 Å². The van der Waals surface area contributed by atoms with Gasteiger partial charge in [0.05, 0.1) is 0 Å². The van der Waals surface area contributed by atoms with Crippen LogP contribution in [0.15, 0.2) is 48.5 Å². The van der Waals surface area contributed by atoms with Gasteiger partial charge in [0.2, 0.25) is 11.8 Å². The zero-order chi connectivity index (χ0) is 19.2. The third kappa shape index (κ3) is 5.29. The predicted octanol–water partition coefficient (Wildman–Crippen LogP) is 3.49. The molecule has 1 saturated heterocycles. The smallest absolute Gasteiger partial charge is 0.223 e. The van der Waals surface area contributed by atoms with Gasteiger partial charge in [-0.2, -0.15) is 0 Å². The van der Waals surface area contributed by atoms with Gasteiger partial charge in [-0.15, -0.1) is 0 Å². The van der Waals surface area contributed by atoms with Crippen molar-refractivity contribution in [2.45, 2.75) is 26.3 Å². The lowest BCUT2D eigenvalue weighted by atomic mass is 9.96. The van der Waals surface area contributed by atoms with Gasteiger partial charge < -0.3 is 15.0 Å². The molecule has 6 heteroatoms. The quantitative estimate of drug-likeness (QED) is 0.876. The second-order valence-electron chi connectivity index (χ2n) is 6.70. The maximum atomic E-state index is 13.0. The van der Waals surface area contributed by atoms with Crippen molar-refractivity contribution >= 4 is 11.8 Å². The van der Waals surface area contributed by atoms with Crippen molar-refractivity contribution in [3.63, 3.8) is 0 Å². The Labute approximate surface area is 158 Å². The SMILES string of the molecule is CC(=O)N1CCC(C(=O)NCc2cccc(Oc3ccc(F)cc3)c2)CC1. The summed E-state index contributed by atoms with van der Waals surface area (Å²) in [5.41, 5.74) is 0.920. The molecule has 0 unspecified atom stereocenters. The fourth-order valence-corrected chi connectivity index (χ4v) is 3.15. The molecule has 142 valence electrons. The fourth-order valence-electron chi connectivity index (χ4n) is 3.15. The fraction of sp³-hybridized carbons (Fsp3) is 0.333. The molecule has 27 heavy (non-hydrogen) atoms. The summed E-state index contributed by atoms with van der Waals surface area (Å²) in [6.07, 6.45) is 1.39. The van der Waals surface area contributed by atoms with Crippen molar-refractivity contribution in [2.24, 2.45) is 5.92 Å². The molecule has 5 nitrogen and oxygen atoms in total. The lowest BCUT2D eigenvalue weighted by Crippen LogP contribution is -2.42. The molecule has 1 N–H and O–H groups in total. The lowest BCUT2D eigenvalue weighted by Gasteiger charge is -2.30. The van der Waals surface area contributed by atoms with Crippen molar-refractivity contribution in [1.29, 1.82) is 0 Å². The molecule has 2 aromatic rings. The summed E-state index contributed by atoms with van der Waals surface area (Å²) in [5.74, 6) is 0.889. The number of piperidine rings is 1. The molecule has 1 aliphatic rings. The van der Waals surface area contributed by atoms with Crippen LogP contribution in [-0.4, -0.2) is 29.8 Å². The molecule has 0 bridgehead atoms. The largest absolute Gasteiger partial charge is 0.457 e. The zero-order valence-electron chi connectivity index (χ0n) is 15.3.